The van der Waals surface area contributed by atoms with Crippen LogP contribution in [0.2, 0.25) is 0 Å². The summed E-state index contributed by atoms with van der Waals surface area (Å²) in [5.41, 5.74) is 5.08. The first kappa shape index (κ1) is 17.2. The van der Waals surface area contributed by atoms with E-state index in [4.69, 9.17) is 0 Å². The van der Waals surface area contributed by atoms with Crippen molar-refractivity contribution in [3.8, 4) is 0 Å². The molecule has 4 aromatic rings. The number of imide groups is 1. The molecular formula is C28H21NO2. The predicted octanol–water partition coefficient (Wildman–Crippen LogP) is 5.05. The predicted molar refractivity (Wildman–Crippen MR) is 121 cm³/mol. The Morgan fingerprint density at radius 3 is 1.77 bits per heavy atom. The van der Waals surface area contributed by atoms with Crippen LogP contribution in [0, 0.1) is 24.7 Å². The van der Waals surface area contributed by atoms with Crippen molar-refractivity contribution in [3.05, 3.63) is 95.1 Å². The molecule has 0 spiro atoms. The fourth-order valence-electron chi connectivity index (χ4n) is 6.67. The zero-order valence-corrected chi connectivity index (χ0v) is 17.1. The minimum Gasteiger partial charge on any atom is -0.296 e. The van der Waals surface area contributed by atoms with Crippen LogP contribution in [-0.2, 0) is 9.59 Å². The van der Waals surface area contributed by atoms with Crippen LogP contribution in [0.4, 0.5) is 0 Å². The molecule has 2 amide bonds. The molecule has 5 atom stereocenters. The molecule has 2 aliphatic carbocycles. The number of benzene rings is 4. The molecular weight excluding hydrogens is 382 g/mol. The fourth-order valence-corrected chi connectivity index (χ4v) is 6.67. The van der Waals surface area contributed by atoms with E-state index in [1.54, 1.807) is 0 Å². The second-order valence-corrected chi connectivity index (χ2v) is 9.37. The maximum absolute atomic E-state index is 12.7. The van der Waals surface area contributed by atoms with Gasteiger partial charge in [-0.15, -0.1) is 0 Å². The van der Waals surface area contributed by atoms with Gasteiger partial charge in [-0.25, -0.2) is 0 Å². The fraction of sp³-hybridized carbons (Fsp3) is 0.214. The minimum atomic E-state index is -0.219. The van der Waals surface area contributed by atoms with E-state index in [0.29, 0.717) is 0 Å². The molecule has 1 heterocycles. The van der Waals surface area contributed by atoms with Crippen LogP contribution in [0.3, 0.4) is 0 Å². The molecule has 0 aromatic heterocycles. The van der Waals surface area contributed by atoms with Crippen LogP contribution < -0.4 is 5.32 Å². The van der Waals surface area contributed by atoms with Gasteiger partial charge < -0.3 is 0 Å². The van der Waals surface area contributed by atoms with Gasteiger partial charge in [-0.05, 0) is 56.6 Å². The molecule has 7 rings (SSSR count). The lowest BCUT2D eigenvalue weighted by Gasteiger charge is -2.44. The van der Waals surface area contributed by atoms with Gasteiger partial charge in [0.05, 0.1) is 11.8 Å². The van der Waals surface area contributed by atoms with Gasteiger partial charge in [0.25, 0.3) is 0 Å². The van der Waals surface area contributed by atoms with Gasteiger partial charge in [-0.2, -0.15) is 0 Å². The number of nitrogens with one attached hydrogen (secondary N) is 1. The van der Waals surface area contributed by atoms with Crippen molar-refractivity contribution in [2.24, 2.45) is 17.8 Å². The summed E-state index contributed by atoms with van der Waals surface area (Å²) in [4.78, 5) is 25.3. The molecule has 0 radical (unpaired) electrons. The molecule has 3 aliphatic rings. The SMILES string of the molecule is Cc1cc2ccccc2cc1C1c2cc3ccccc3cc2C2C3C(=O)NC(=O)C3C12. The molecule has 4 aromatic carbocycles. The molecule has 0 bridgehead atoms. The smallest absolute Gasteiger partial charge is 0.231 e. The molecule has 5 unspecified atom stereocenters. The highest BCUT2D eigenvalue weighted by molar-refractivity contribution is 6.08. The zero-order valence-electron chi connectivity index (χ0n) is 17.1. The second kappa shape index (κ2) is 5.82. The summed E-state index contributed by atoms with van der Waals surface area (Å²) in [7, 11) is 0. The molecule has 1 saturated heterocycles. The number of hydrogen-bond acceptors (Lipinski definition) is 2. The number of carbonyl (C=O) groups excluding carboxylic acids is 2. The summed E-state index contributed by atoms with van der Waals surface area (Å²) in [5.74, 6) is -0.225. The summed E-state index contributed by atoms with van der Waals surface area (Å²) in [6, 6.07) is 26.0. The zero-order chi connectivity index (χ0) is 20.9. The quantitative estimate of drug-likeness (QED) is 0.452. The Morgan fingerprint density at radius 2 is 1.13 bits per heavy atom. The lowest BCUT2D eigenvalue weighted by molar-refractivity contribution is -0.130. The summed E-state index contributed by atoms with van der Waals surface area (Å²) in [6.07, 6.45) is 0. The average molecular weight is 403 g/mol. The molecule has 3 nitrogen and oxygen atoms in total. The van der Waals surface area contributed by atoms with Crippen molar-refractivity contribution < 1.29 is 9.59 Å². The Hall–Kier alpha value is -3.46. The first-order valence-corrected chi connectivity index (χ1v) is 11.0. The lowest BCUT2D eigenvalue weighted by Crippen LogP contribution is -2.46. The first-order chi connectivity index (χ1) is 15.1. The number of carbonyl (C=O) groups is 2. The molecule has 1 N–H and O–H groups in total. The van der Waals surface area contributed by atoms with E-state index >= 15 is 0 Å². The normalized spacial score (nSPS) is 28.2. The third kappa shape index (κ3) is 2.13. The van der Waals surface area contributed by atoms with Crippen LogP contribution in [0.5, 0.6) is 0 Å². The van der Waals surface area contributed by atoms with Crippen LogP contribution in [0.15, 0.2) is 72.8 Å². The number of aryl methyl sites for hydroxylation is 1. The van der Waals surface area contributed by atoms with Crippen molar-refractivity contribution >= 4 is 33.4 Å². The van der Waals surface area contributed by atoms with E-state index in [0.717, 1.165) is 0 Å². The molecule has 31 heavy (non-hydrogen) atoms. The van der Waals surface area contributed by atoms with Crippen molar-refractivity contribution in [1.29, 1.82) is 0 Å². The Bertz CT molecular complexity index is 1450. The van der Waals surface area contributed by atoms with Crippen molar-refractivity contribution in [3.63, 3.8) is 0 Å². The topological polar surface area (TPSA) is 46.2 Å². The summed E-state index contributed by atoms with van der Waals surface area (Å²) < 4.78 is 0. The number of hydrogen-bond donors (Lipinski definition) is 1. The highest BCUT2D eigenvalue weighted by Crippen LogP contribution is 2.67. The number of amides is 2. The van der Waals surface area contributed by atoms with Gasteiger partial charge in [0.1, 0.15) is 0 Å². The Morgan fingerprint density at radius 1 is 0.613 bits per heavy atom. The summed E-state index contributed by atoms with van der Waals surface area (Å²) >= 11 is 0. The van der Waals surface area contributed by atoms with Gasteiger partial charge in [0.2, 0.25) is 11.8 Å². The van der Waals surface area contributed by atoms with E-state index < -0.39 is 0 Å². The minimum absolute atomic E-state index is 0.0861. The number of fused-ring (bicyclic) bond motifs is 8. The van der Waals surface area contributed by atoms with Gasteiger partial charge in [-0.3, -0.25) is 14.9 Å². The van der Waals surface area contributed by atoms with E-state index in [1.165, 1.54) is 43.8 Å². The monoisotopic (exact) mass is 403 g/mol. The summed E-state index contributed by atoms with van der Waals surface area (Å²) in [6.45, 7) is 2.17. The second-order valence-electron chi connectivity index (χ2n) is 9.37. The third-order valence-electron chi connectivity index (χ3n) is 7.95. The maximum Gasteiger partial charge on any atom is 0.231 e. The van der Waals surface area contributed by atoms with Crippen LogP contribution in [0.25, 0.3) is 21.5 Å². The van der Waals surface area contributed by atoms with Crippen molar-refractivity contribution in [1.82, 2.24) is 5.32 Å². The molecule has 1 aliphatic heterocycles. The Balaban J connectivity index is 1.50. The Labute approximate surface area is 180 Å². The highest BCUT2D eigenvalue weighted by Gasteiger charge is 2.67. The molecule has 1 saturated carbocycles. The molecule has 2 fully saturated rings. The number of rotatable bonds is 1. The molecule has 150 valence electrons. The van der Waals surface area contributed by atoms with Crippen molar-refractivity contribution in [2.75, 3.05) is 0 Å². The van der Waals surface area contributed by atoms with Crippen LogP contribution >= 0.6 is 0 Å². The van der Waals surface area contributed by atoms with E-state index in [-0.39, 0.29) is 41.4 Å². The largest absolute Gasteiger partial charge is 0.296 e. The van der Waals surface area contributed by atoms with Gasteiger partial charge in [-0.1, -0.05) is 72.8 Å². The maximum atomic E-state index is 12.7. The standard InChI is InChI=1S/C28H21NO2/c1-14-10-15-6-2-3-7-16(15)11-19(14)22-20-12-17-8-4-5-9-18(17)13-21(20)23-24(22)26-25(23)27(30)29-28(26)31/h2-13,22-26H,1H3,(H,29,30,31). The third-order valence-corrected chi connectivity index (χ3v) is 7.95. The molecule has 3 heteroatoms. The highest BCUT2D eigenvalue weighted by atomic mass is 16.2. The van der Waals surface area contributed by atoms with Gasteiger partial charge in [0.15, 0.2) is 0 Å². The van der Waals surface area contributed by atoms with Crippen molar-refractivity contribution in [2.45, 2.75) is 18.8 Å². The Kier molecular flexibility index (Phi) is 3.24. The van der Waals surface area contributed by atoms with Gasteiger partial charge >= 0.3 is 0 Å². The van der Waals surface area contributed by atoms with Crippen LogP contribution in [-0.4, -0.2) is 11.8 Å². The first-order valence-electron chi connectivity index (χ1n) is 11.0. The van der Waals surface area contributed by atoms with Gasteiger partial charge in [0, 0.05) is 11.8 Å². The van der Waals surface area contributed by atoms with E-state index in [1.807, 2.05) is 0 Å². The summed E-state index contributed by atoms with van der Waals surface area (Å²) in [5, 5.41) is 7.48. The lowest BCUT2D eigenvalue weighted by atomic mass is 9.55. The van der Waals surface area contributed by atoms with E-state index in [2.05, 4.69) is 85.0 Å². The van der Waals surface area contributed by atoms with Crippen LogP contribution in [0.1, 0.15) is 34.1 Å². The average Bonchev–Trinajstić information content (AvgIpc) is 3.14. The van der Waals surface area contributed by atoms with E-state index in [9.17, 15) is 9.59 Å².